The van der Waals surface area contributed by atoms with E-state index in [-0.39, 0.29) is 25.3 Å². The third kappa shape index (κ3) is 11.1. The number of carbonyl (C=O) groups is 4. The van der Waals surface area contributed by atoms with Crippen molar-refractivity contribution in [2.75, 3.05) is 11.9 Å². The van der Waals surface area contributed by atoms with E-state index in [0.29, 0.717) is 5.52 Å². The van der Waals surface area contributed by atoms with E-state index in [2.05, 4.69) is 31.2 Å². The maximum absolute atomic E-state index is 13.7. The largest absolute Gasteiger partial charge is 0.389 e. The average Bonchev–Trinajstić information content (AvgIpc) is 3.03. The minimum absolute atomic E-state index is 0.149. The highest BCUT2D eigenvalue weighted by Gasteiger charge is 2.31. The topological polar surface area (TPSA) is 192 Å². The summed E-state index contributed by atoms with van der Waals surface area (Å²) in [5.74, 6) is -1.32. The van der Waals surface area contributed by atoms with Crippen LogP contribution in [0.15, 0.2) is 91.3 Å². The van der Waals surface area contributed by atoms with Crippen molar-refractivity contribution in [3.63, 3.8) is 0 Å². The molecule has 13 heteroatoms. The van der Waals surface area contributed by atoms with Crippen molar-refractivity contribution in [2.45, 2.75) is 63.9 Å². The summed E-state index contributed by atoms with van der Waals surface area (Å²) in [5.41, 5.74) is 7.16. The molecule has 0 aliphatic rings. The number of carbonyl (C=O) groups excluding carboxylic acids is 4. The lowest BCUT2D eigenvalue weighted by molar-refractivity contribution is -0.128. The van der Waals surface area contributed by atoms with Gasteiger partial charge in [0.25, 0.3) is 0 Å². The van der Waals surface area contributed by atoms with E-state index < -0.39 is 54.0 Å². The molecule has 2 heterocycles. The van der Waals surface area contributed by atoms with Crippen LogP contribution < -0.4 is 27.0 Å². The average molecular weight is 655 g/mol. The zero-order valence-electron chi connectivity index (χ0n) is 27.2. The molecule has 0 aliphatic heterocycles. The van der Waals surface area contributed by atoms with Crippen LogP contribution in [0, 0.1) is 0 Å². The number of hydrogen-bond acceptors (Lipinski definition) is 7. The standard InChI is InChI=1S/C35H42N8O5/c1-35(2,3)42-34(48)43(21-24-15-17-37-18-16-24)22-29(44)27(19-23-9-5-4-6-10-23)39-32(46)28(20-30(36)45)40-33(47)41-31-14-13-25-11-7-8-12-26(25)38-31/h4-18,27-29,44H,19-22H2,1-3H3,(H2,36,45)(H,39,46)(H,42,48)(H2,38,40,41,47). The third-order valence-corrected chi connectivity index (χ3v) is 7.26. The number of nitrogens with zero attached hydrogens (tertiary/aromatic N) is 3. The molecule has 0 aliphatic carbocycles. The first-order chi connectivity index (χ1) is 22.9. The van der Waals surface area contributed by atoms with Gasteiger partial charge >= 0.3 is 12.1 Å². The van der Waals surface area contributed by atoms with Gasteiger partial charge in [-0.3, -0.25) is 19.9 Å². The highest BCUT2D eigenvalue weighted by molar-refractivity contribution is 5.96. The quantitative estimate of drug-likeness (QED) is 0.128. The number of anilines is 1. The van der Waals surface area contributed by atoms with E-state index in [9.17, 15) is 24.3 Å². The normalized spacial score (nSPS) is 13.1. The molecule has 4 rings (SSSR count). The summed E-state index contributed by atoms with van der Waals surface area (Å²) < 4.78 is 0. The minimum Gasteiger partial charge on any atom is -0.389 e. The lowest BCUT2D eigenvalue weighted by Crippen LogP contribution is -2.57. The van der Waals surface area contributed by atoms with E-state index in [1.165, 1.54) is 4.90 Å². The second kappa shape index (κ2) is 16.3. The van der Waals surface area contributed by atoms with Crippen molar-refractivity contribution in [2.24, 2.45) is 5.73 Å². The fraction of sp³-hybridized carbons (Fsp3) is 0.314. The van der Waals surface area contributed by atoms with Crippen LogP contribution in [0.25, 0.3) is 10.9 Å². The summed E-state index contributed by atoms with van der Waals surface area (Å²) >= 11 is 0. The molecule has 0 fully saturated rings. The number of primary amides is 1. The van der Waals surface area contributed by atoms with Crippen molar-refractivity contribution >= 4 is 40.6 Å². The Morgan fingerprint density at radius 3 is 2.25 bits per heavy atom. The SMILES string of the molecule is CC(C)(C)NC(=O)N(Cc1ccncc1)CC(O)C(Cc1ccccc1)NC(=O)C(CC(N)=O)NC(=O)Nc1ccc2ccccc2n1. The molecule has 0 spiro atoms. The highest BCUT2D eigenvalue weighted by Crippen LogP contribution is 2.15. The van der Waals surface area contributed by atoms with Gasteiger partial charge in [-0.1, -0.05) is 48.5 Å². The Morgan fingerprint density at radius 1 is 0.875 bits per heavy atom. The second-order valence-corrected chi connectivity index (χ2v) is 12.5. The summed E-state index contributed by atoms with van der Waals surface area (Å²) in [6, 6.07) is 20.0. The van der Waals surface area contributed by atoms with Crippen molar-refractivity contribution in [3.8, 4) is 0 Å². The first-order valence-electron chi connectivity index (χ1n) is 15.6. The predicted molar refractivity (Wildman–Crippen MR) is 183 cm³/mol. The Kier molecular flexibility index (Phi) is 12.0. The van der Waals surface area contributed by atoms with Gasteiger partial charge in [0.1, 0.15) is 11.9 Å². The van der Waals surface area contributed by atoms with Gasteiger partial charge in [-0.2, -0.15) is 0 Å². The van der Waals surface area contributed by atoms with E-state index in [1.54, 1.807) is 42.7 Å². The molecule has 48 heavy (non-hydrogen) atoms. The van der Waals surface area contributed by atoms with E-state index in [4.69, 9.17) is 5.73 Å². The molecule has 0 saturated carbocycles. The summed E-state index contributed by atoms with van der Waals surface area (Å²) in [4.78, 5) is 61.8. The molecular formula is C35H42N8O5. The van der Waals surface area contributed by atoms with E-state index in [1.807, 2.05) is 69.3 Å². The van der Waals surface area contributed by atoms with Gasteiger partial charge in [0.2, 0.25) is 11.8 Å². The van der Waals surface area contributed by atoms with Crippen LogP contribution in [0.5, 0.6) is 0 Å². The first-order valence-corrected chi connectivity index (χ1v) is 15.6. The molecule has 3 unspecified atom stereocenters. The molecule has 0 bridgehead atoms. The lowest BCUT2D eigenvalue weighted by Gasteiger charge is -2.33. The molecular weight excluding hydrogens is 612 g/mol. The Hall–Kier alpha value is -5.56. The molecule has 0 saturated heterocycles. The number of hydrogen-bond donors (Lipinski definition) is 6. The zero-order valence-corrected chi connectivity index (χ0v) is 27.2. The number of urea groups is 2. The van der Waals surface area contributed by atoms with Crippen LogP contribution in [0.3, 0.4) is 0 Å². The number of nitrogens with one attached hydrogen (secondary N) is 4. The summed E-state index contributed by atoms with van der Waals surface area (Å²) in [6.07, 6.45) is 1.66. The van der Waals surface area contributed by atoms with Crippen molar-refractivity contribution in [1.29, 1.82) is 0 Å². The monoisotopic (exact) mass is 654 g/mol. The molecule has 2 aromatic heterocycles. The van der Waals surface area contributed by atoms with Crippen molar-refractivity contribution in [1.82, 2.24) is 30.8 Å². The number of amides is 6. The predicted octanol–water partition coefficient (Wildman–Crippen LogP) is 3.09. The smallest absolute Gasteiger partial charge is 0.321 e. The molecule has 0 radical (unpaired) electrons. The van der Waals surface area contributed by atoms with Crippen LogP contribution in [0.2, 0.25) is 0 Å². The molecule has 7 N–H and O–H groups in total. The van der Waals surface area contributed by atoms with Crippen molar-refractivity contribution in [3.05, 3.63) is 102 Å². The summed E-state index contributed by atoms with van der Waals surface area (Å²) in [5, 5.41) is 23.3. The molecule has 3 atom stereocenters. The maximum Gasteiger partial charge on any atom is 0.321 e. The number of aromatic nitrogens is 2. The number of aliphatic hydroxyl groups is 1. The van der Waals surface area contributed by atoms with Gasteiger partial charge in [0.05, 0.1) is 30.6 Å². The molecule has 6 amide bonds. The number of benzene rings is 2. The number of nitrogens with two attached hydrogens (primary N) is 1. The number of fused-ring (bicyclic) bond motifs is 1. The second-order valence-electron chi connectivity index (χ2n) is 12.5. The van der Waals surface area contributed by atoms with Crippen LogP contribution in [0.4, 0.5) is 15.4 Å². The zero-order chi connectivity index (χ0) is 34.7. The summed E-state index contributed by atoms with van der Waals surface area (Å²) in [7, 11) is 0. The Labute approximate surface area is 279 Å². The van der Waals surface area contributed by atoms with Gasteiger partial charge in [-0.15, -0.1) is 0 Å². The van der Waals surface area contributed by atoms with Gasteiger partial charge in [0, 0.05) is 29.9 Å². The fourth-order valence-corrected chi connectivity index (χ4v) is 4.97. The van der Waals surface area contributed by atoms with Crippen molar-refractivity contribution < 1.29 is 24.3 Å². The van der Waals surface area contributed by atoms with E-state index >= 15 is 0 Å². The summed E-state index contributed by atoms with van der Waals surface area (Å²) in [6.45, 7) is 5.57. The van der Waals surface area contributed by atoms with Crippen LogP contribution in [-0.4, -0.2) is 74.1 Å². The lowest BCUT2D eigenvalue weighted by atomic mass is 9.99. The Balaban J connectivity index is 1.53. The Bertz CT molecular complexity index is 1700. The number of rotatable bonds is 13. The third-order valence-electron chi connectivity index (χ3n) is 7.26. The minimum atomic E-state index is -1.37. The number of pyridine rings is 2. The van der Waals surface area contributed by atoms with E-state index in [0.717, 1.165) is 16.5 Å². The Morgan fingerprint density at radius 2 is 1.56 bits per heavy atom. The van der Waals surface area contributed by atoms with Crippen LogP contribution >= 0.6 is 0 Å². The fourth-order valence-electron chi connectivity index (χ4n) is 4.97. The molecule has 4 aromatic rings. The van der Waals surface area contributed by atoms with Crippen LogP contribution in [-0.2, 0) is 22.6 Å². The van der Waals surface area contributed by atoms with Gasteiger partial charge < -0.3 is 31.7 Å². The number of para-hydroxylation sites is 1. The molecule has 252 valence electrons. The first kappa shape index (κ1) is 35.3. The van der Waals surface area contributed by atoms with Gasteiger partial charge in [-0.25, -0.2) is 14.6 Å². The molecule has 2 aromatic carbocycles. The number of aliphatic hydroxyl groups excluding tert-OH is 1. The maximum atomic E-state index is 13.7. The van der Waals surface area contributed by atoms with Gasteiger partial charge in [0.15, 0.2) is 0 Å². The highest BCUT2D eigenvalue weighted by atomic mass is 16.3. The van der Waals surface area contributed by atoms with Crippen LogP contribution in [0.1, 0.15) is 38.3 Å². The molecule has 13 nitrogen and oxygen atoms in total. The van der Waals surface area contributed by atoms with Gasteiger partial charge in [-0.05, 0) is 68.7 Å².